The molecule has 0 heterocycles. The van der Waals surface area contributed by atoms with Crippen molar-refractivity contribution in [1.82, 2.24) is 4.90 Å². The van der Waals surface area contributed by atoms with E-state index in [1.807, 2.05) is 0 Å². The van der Waals surface area contributed by atoms with Crippen LogP contribution >= 0.6 is 11.6 Å². The van der Waals surface area contributed by atoms with Crippen molar-refractivity contribution in [3.05, 3.63) is 53.1 Å². The third-order valence-corrected chi connectivity index (χ3v) is 5.10. The lowest BCUT2D eigenvalue weighted by molar-refractivity contribution is -0.137. The molecular formula is C22H21ClF3N3O4. The van der Waals surface area contributed by atoms with Gasteiger partial charge in [0, 0.05) is 30.4 Å². The smallest absolute Gasteiger partial charge is 0.417 e. The highest BCUT2D eigenvalue weighted by Crippen LogP contribution is 2.36. The van der Waals surface area contributed by atoms with Gasteiger partial charge in [0.1, 0.15) is 5.75 Å². The van der Waals surface area contributed by atoms with E-state index in [0.717, 1.165) is 29.9 Å². The summed E-state index contributed by atoms with van der Waals surface area (Å²) in [6.45, 7) is -0.771. The van der Waals surface area contributed by atoms with Gasteiger partial charge in [-0.25, -0.2) is 0 Å². The highest BCUT2D eigenvalue weighted by atomic mass is 35.5. The summed E-state index contributed by atoms with van der Waals surface area (Å²) in [6.07, 6.45) is -2.92. The van der Waals surface area contributed by atoms with Crippen molar-refractivity contribution in [2.45, 2.75) is 19.0 Å². The van der Waals surface area contributed by atoms with E-state index < -0.39 is 35.1 Å². The van der Waals surface area contributed by atoms with Gasteiger partial charge < -0.3 is 20.3 Å². The van der Waals surface area contributed by atoms with Gasteiger partial charge in [-0.1, -0.05) is 17.7 Å². The fraction of sp³-hybridized carbons (Fsp3) is 0.318. The van der Waals surface area contributed by atoms with Crippen LogP contribution in [0.2, 0.25) is 5.02 Å². The molecule has 7 nitrogen and oxygen atoms in total. The summed E-state index contributed by atoms with van der Waals surface area (Å²) in [5, 5.41) is 4.60. The second-order valence-corrected chi connectivity index (χ2v) is 7.98. The van der Waals surface area contributed by atoms with Crippen LogP contribution in [0.25, 0.3) is 0 Å². The van der Waals surface area contributed by atoms with Gasteiger partial charge in [-0.3, -0.25) is 14.4 Å². The van der Waals surface area contributed by atoms with Crippen molar-refractivity contribution in [2.24, 2.45) is 5.92 Å². The molecule has 1 aliphatic rings. The molecule has 2 aromatic rings. The number of alkyl halides is 3. The van der Waals surface area contributed by atoms with Gasteiger partial charge in [-0.2, -0.15) is 13.2 Å². The van der Waals surface area contributed by atoms with Crippen molar-refractivity contribution in [2.75, 3.05) is 30.8 Å². The van der Waals surface area contributed by atoms with E-state index in [1.54, 1.807) is 24.3 Å². The first-order chi connectivity index (χ1) is 15.5. The molecule has 2 N–H and O–H groups in total. The molecule has 1 saturated carbocycles. The molecule has 1 fully saturated rings. The summed E-state index contributed by atoms with van der Waals surface area (Å²) in [5.41, 5.74) is -0.625. The topological polar surface area (TPSA) is 87.7 Å². The molecule has 2 aromatic carbocycles. The SMILES string of the molecule is CN(CC(=O)Nc1ccc(Cl)c(C(F)(F)F)c1)C(=O)COc1cccc(NC(=O)C2CC2)c1. The summed E-state index contributed by atoms with van der Waals surface area (Å²) in [4.78, 5) is 37.4. The van der Waals surface area contributed by atoms with Crippen molar-refractivity contribution < 1.29 is 32.3 Å². The number of nitrogens with one attached hydrogen (secondary N) is 2. The van der Waals surface area contributed by atoms with Crippen molar-refractivity contribution >= 4 is 40.7 Å². The number of nitrogens with zero attached hydrogens (tertiary/aromatic N) is 1. The molecule has 33 heavy (non-hydrogen) atoms. The maximum Gasteiger partial charge on any atom is 0.417 e. The molecule has 0 unspecified atom stereocenters. The van der Waals surface area contributed by atoms with Crippen LogP contribution in [-0.4, -0.2) is 42.8 Å². The summed E-state index contributed by atoms with van der Waals surface area (Å²) in [7, 11) is 1.36. The zero-order valence-corrected chi connectivity index (χ0v) is 18.3. The maximum atomic E-state index is 12.9. The fourth-order valence-corrected chi connectivity index (χ4v) is 3.06. The first-order valence-corrected chi connectivity index (χ1v) is 10.3. The Kier molecular flexibility index (Phi) is 7.47. The lowest BCUT2D eigenvalue weighted by atomic mass is 10.2. The number of likely N-dealkylation sites (N-methyl/N-ethyl adjacent to an activating group) is 1. The molecule has 0 aromatic heterocycles. The zero-order chi connectivity index (χ0) is 24.2. The quantitative estimate of drug-likeness (QED) is 0.589. The number of carbonyl (C=O) groups excluding carboxylic acids is 3. The number of anilines is 2. The second kappa shape index (κ2) is 10.1. The van der Waals surface area contributed by atoms with Crippen LogP contribution in [0, 0.1) is 5.92 Å². The van der Waals surface area contributed by atoms with E-state index >= 15 is 0 Å². The van der Waals surface area contributed by atoms with E-state index in [9.17, 15) is 27.6 Å². The lowest BCUT2D eigenvalue weighted by Crippen LogP contribution is -2.37. The van der Waals surface area contributed by atoms with Gasteiger partial charge in [-0.15, -0.1) is 0 Å². The number of halogens is 4. The number of hydrogen-bond donors (Lipinski definition) is 2. The van der Waals surface area contributed by atoms with Crippen molar-refractivity contribution in [1.29, 1.82) is 0 Å². The van der Waals surface area contributed by atoms with Crippen LogP contribution in [-0.2, 0) is 20.6 Å². The summed E-state index contributed by atoms with van der Waals surface area (Å²) >= 11 is 5.56. The van der Waals surface area contributed by atoms with E-state index in [4.69, 9.17) is 16.3 Å². The summed E-state index contributed by atoms with van der Waals surface area (Å²) < 4.78 is 44.3. The molecule has 0 saturated heterocycles. The predicted octanol–water partition coefficient (Wildman–Crippen LogP) is 4.18. The third-order valence-electron chi connectivity index (χ3n) is 4.77. The monoisotopic (exact) mass is 483 g/mol. The molecule has 0 aliphatic heterocycles. The Labute approximate surface area is 192 Å². The lowest BCUT2D eigenvalue weighted by Gasteiger charge is -2.18. The normalized spacial score (nSPS) is 13.2. The van der Waals surface area contributed by atoms with E-state index in [-0.39, 0.29) is 24.1 Å². The van der Waals surface area contributed by atoms with E-state index in [0.29, 0.717) is 11.4 Å². The molecule has 11 heteroatoms. The molecule has 176 valence electrons. The van der Waals surface area contributed by atoms with Crippen LogP contribution in [0.3, 0.4) is 0 Å². The average Bonchev–Trinajstić information content (AvgIpc) is 3.58. The van der Waals surface area contributed by atoms with Gasteiger partial charge >= 0.3 is 6.18 Å². The van der Waals surface area contributed by atoms with Crippen molar-refractivity contribution in [3.63, 3.8) is 0 Å². The Balaban J connectivity index is 1.49. The second-order valence-electron chi connectivity index (χ2n) is 7.57. The van der Waals surface area contributed by atoms with Gasteiger partial charge in [0.05, 0.1) is 17.1 Å². The van der Waals surface area contributed by atoms with Gasteiger partial charge in [0.25, 0.3) is 5.91 Å². The van der Waals surface area contributed by atoms with Gasteiger partial charge in [-0.05, 0) is 43.2 Å². The Hall–Kier alpha value is -3.27. The zero-order valence-electron chi connectivity index (χ0n) is 17.5. The molecule has 3 amide bonds. The molecule has 3 rings (SSSR count). The standard InChI is InChI=1S/C22H21ClF3N3O4/c1-29(11-19(30)27-15-7-8-18(23)17(10-15)22(24,25)26)20(31)12-33-16-4-2-3-14(9-16)28-21(32)13-5-6-13/h2-4,7-10,13H,5-6,11-12H2,1H3,(H,27,30)(H,28,32). The van der Waals surface area contributed by atoms with Crippen LogP contribution < -0.4 is 15.4 Å². The molecule has 0 radical (unpaired) electrons. The van der Waals surface area contributed by atoms with Crippen LogP contribution in [0.15, 0.2) is 42.5 Å². The number of ether oxygens (including phenoxy) is 1. The minimum Gasteiger partial charge on any atom is -0.484 e. The predicted molar refractivity (Wildman–Crippen MR) is 116 cm³/mol. The number of amides is 3. The first-order valence-electron chi connectivity index (χ1n) is 9.97. The highest BCUT2D eigenvalue weighted by molar-refractivity contribution is 6.31. The van der Waals surface area contributed by atoms with Crippen molar-refractivity contribution in [3.8, 4) is 5.75 Å². The van der Waals surface area contributed by atoms with Gasteiger partial charge in [0.2, 0.25) is 11.8 Å². The summed E-state index contributed by atoms with van der Waals surface area (Å²) in [5.74, 6) is -0.868. The Morgan fingerprint density at radius 1 is 1.09 bits per heavy atom. The minimum atomic E-state index is -4.67. The maximum absolute atomic E-state index is 12.9. The largest absolute Gasteiger partial charge is 0.484 e. The number of rotatable bonds is 8. The number of carbonyl (C=O) groups is 3. The van der Waals surface area contributed by atoms with Gasteiger partial charge in [0.15, 0.2) is 6.61 Å². The molecule has 0 atom stereocenters. The van der Waals surface area contributed by atoms with E-state index in [1.165, 1.54) is 13.1 Å². The number of hydrogen-bond acceptors (Lipinski definition) is 4. The Bertz CT molecular complexity index is 1060. The number of benzene rings is 2. The molecule has 1 aliphatic carbocycles. The molecular weight excluding hydrogens is 463 g/mol. The Morgan fingerprint density at radius 3 is 2.45 bits per heavy atom. The molecule has 0 bridgehead atoms. The molecule has 0 spiro atoms. The third kappa shape index (κ3) is 7.11. The fourth-order valence-electron chi connectivity index (χ4n) is 2.83. The first kappa shape index (κ1) is 24.4. The summed E-state index contributed by atoms with van der Waals surface area (Å²) in [6, 6.07) is 9.55. The highest BCUT2D eigenvalue weighted by Gasteiger charge is 2.33. The Morgan fingerprint density at radius 2 is 1.79 bits per heavy atom. The van der Waals surface area contributed by atoms with E-state index in [2.05, 4.69) is 10.6 Å². The van der Waals surface area contributed by atoms with Crippen LogP contribution in [0.1, 0.15) is 18.4 Å². The van der Waals surface area contributed by atoms with Crippen LogP contribution in [0.5, 0.6) is 5.75 Å². The van der Waals surface area contributed by atoms with Crippen LogP contribution in [0.4, 0.5) is 24.5 Å². The average molecular weight is 484 g/mol. The minimum absolute atomic E-state index is 0.0453.